The minimum absolute atomic E-state index is 0.144. The molecule has 1 aliphatic carbocycles. The van der Waals surface area contributed by atoms with Crippen LogP contribution in [-0.4, -0.2) is 26.6 Å². The fourth-order valence-electron chi connectivity index (χ4n) is 2.45. The van der Waals surface area contributed by atoms with Crippen molar-refractivity contribution in [1.29, 1.82) is 0 Å². The fourth-order valence-corrected chi connectivity index (χ4v) is 3.01. The predicted molar refractivity (Wildman–Crippen MR) is 79.2 cm³/mol. The average Bonchev–Trinajstić information content (AvgIpc) is 2.38. The van der Waals surface area contributed by atoms with Crippen molar-refractivity contribution in [1.82, 2.24) is 5.32 Å². The van der Waals surface area contributed by atoms with Crippen molar-refractivity contribution in [2.24, 2.45) is 0 Å². The maximum absolute atomic E-state index is 12.1. The van der Waals surface area contributed by atoms with Crippen LogP contribution >= 0.6 is 0 Å². The van der Waals surface area contributed by atoms with Gasteiger partial charge >= 0.3 is 0 Å². The lowest BCUT2D eigenvalue weighted by Gasteiger charge is -2.22. The number of rotatable bonds is 4. The quantitative estimate of drug-likeness (QED) is 0.893. The van der Waals surface area contributed by atoms with Crippen molar-refractivity contribution in [2.45, 2.75) is 38.1 Å². The molecule has 2 rings (SSSR count). The summed E-state index contributed by atoms with van der Waals surface area (Å²) in [7, 11) is -3.33. The van der Waals surface area contributed by atoms with Crippen LogP contribution in [0.15, 0.2) is 24.3 Å². The molecule has 0 bridgehead atoms. The van der Waals surface area contributed by atoms with Crippen molar-refractivity contribution in [2.75, 3.05) is 11.0 Å². The minimum atomic E-state index is -3.33. The molecular formula is C14H20N2O3S. The van der Waals surface area contributed by atoms with Crippen LogP contribution in [0, 0.1) is 0 Å². The minimum Gasteiger partial charge on any atom is -0.349 e. The van der Waals surface area contributed by atoms with Crippen molar-refractivity contribution in [3.8, 4) is 0 Å². The maximum atomic E-state index is 12.1. The van der Waals surface area contributed by atoms with Gasteiger partial charge in [0.15, 0.2) is 0 Å². The van der Waals surface area contributed by atoms with Gasteiger partial charge in [-0.2, -0.15) is 0 Å². The third kappa shape index (κ3) is 4.52. The van der Waals surface area contributed by atoms with Crippen molar-refractivity contribution < 1.29 is 13.2 Å². The highest BCUT2D eigenvalue weighted by Crippen LogP contribution is 2.18. The summed E-state index contributed by atoms with van der Waals surface area (Å²) in [6, 6.07) is 6.77. The van der Waals surface area contributed by atoms with Crippen molar-refractivity contribution >= 4 is 21.6 Å². The fraction of sp³-hybridized carbons (Fsp3) is 0.500. The van der Waals surface area contributed by atoms with E-state index < -0.39 is 10.0 Å². The summed E-state index contributed by atoms with van der Waals surface area (Å²) in [5, 5.41) is 3.01. The normalized spacial score (nSPS) is 16.6. The Bertz CT molecular complexity index is 578. The van der Waals surface area contributed by atoms with Gasteiger partial charge in [0, 0.05) is 17.3 Å². The van der Waals surface area contributed by atoms with Crippen LogP contribution in [0.25, 0.3) is 0 Å². The molecule has 6 heteroatoms. The molecule has 0 atom stereocenters. The van der Waals surface area contributed by atoms with Crippen LogP contribution in [0.3, 0.4) is 0 Å². The van der Waals surface area contributed by atoms with E-state index in [0.717, 1.165) is 31.9 Å². The van der Waals surface area contributed by atoms with Gasteiger partial charge in [-0.25, -0.2) is 8.42 Å². The van der Waals surface area contributed by atoms with E-state index in [1.165, 1.54) is 6.42 Å². The zero-order chi connectivity index (χ0) is 14.6. The highest BCUT2D eigenvalue weighted by atomic mass is 32.2. The van der Waals surface area contributed by atoms with Gasteiger partial charge in [-0.1, -0.05) is 25.3 Å². The SMILES string of the molecule is CS(=O)(=O)Nc1cccc(C(=O)NC2CCCCC2)c1. The van der Waals surface area contributed by atoms with Crippen LogP contribution in [-0.2, 0) is 10.0 Å². The van der Waals surface area contributed by atoms with E-state index in [2.05, 4.69) is 10.0 Å². The summed E-state index contributed by atoms with van der Waals surface area (Å²) in [5.41, 5.74) is 0.882. The molecule has 1 fully saturated rings. The molecule has 0 aliphatic heterocycles. The second-order valence-corrected chi connectivity index (χ2v) is 7.01. The molecule has 2 N–H and O–H groups in total. The number of anilines is 1. The summed E-state index contributed by atoms with van der Waals surface area (Å²) in [4.78, 5) is 12.1. The Balaban J connectivity index is 2.04. The van der Waals surface area contributed by atoms with E-state index in [1.807, 2.05) is 0 Å². The third-order valence-electron chi connectivity index (χ3n) is 3.37. The molecule has 0 saturated heterocycles. The molecule has 0 aromatic heterocycles. The van der Waals surface area contributed by atoms with Crippen LogP contribution in [0.1, 0.15) is 42.5 Å². The Morgan fingerprint density at radius 3 is 2.55 bits per heavy atom. The van der Waals surface area contributed by atoms with Gasteiger partial charge in [-0.05, 0) is 31.0 Å². The number of carbonyl (C=O) groups excluding carboxylic acids is 1. The maximum Gasteiger partial charge on any atom is 0.251 e. The molecule has 1 aliphatic rings. The number of nitrogens with one attached hydrogen (secondary N) is 2. The Hall–Kier alpha value is -1.56. The first kappa shape index (κ1) is 14.8. The van der Waals surface area contributed by atoms with E-state index in [9.17, 15) is 13.2 Å². The first-order chi connectivity index (χ1) is 9.44. The van der Waals surface area contributed by atoms with Gasteiger partial charge < -0.3 is 5.32 Å². The van der Waals surface area contributed by atoms with Gasteiger partial charge in [0.2, 0.25) is 10.0 Å². The number of hydrogen-bond donors (Lipinski definition) is 2. The first-order valence-corrected chi connectivity index (χ1v) is 8.72. The monoisotopic (exact) mass is 296 g/mol. The molecular weight excluding hydrogens is 276 g/mol. The molecule has 1 aromatic carbocycles. The lowest BCUT2D eigenvalue weighted by molar-refractivity contribution is 0.0927. The molecule has 0 unspecified atom stereocenters. The number of sulfonamides is 1. The molecule has 1 aromatic rings. The average molecular weight is 296 g/mol. The molecule has 0 radical (unpaired) electrons. The molecule has 1 amide bonds. The third-order valence-corrected chi connectivity index (χ3v) is 3.97. The van der Waals surface area contributed by atoms with E-state index >= 15 is 0 Å². The van der Waals surface area contributed by atoms with Crippen LogP contribution < -0.4 is 10.0 Å². The Morgan fingerprint density at radius 2 is 1.90 bits per heavy atom. The van der Waals surface area contributed by atoms with Gasteiger partial charge in [0.25, 0.3) is 5.91 Å². The van der Waals surface area contributed by atoms with E-state index in [4.69, 9.17) is 0 Å². The molecule has 20 heavy (non-hydrogen) atoms. The second kappa shape index (κ2) is 6.26. The number of amides is 1. The molecule has 1 saturated carbocycles. The molecule has 0 heterocycles. The predicted octanol–water partition coefficient (Wildman–Crippen LogP) is 2.12. The van der Waals surface area contributed by atoms with Crippen LogP contribution in [0.2, 0.25) is 0 Å². The zero-order valence-electron chi connectivity index (χ0n) is 11.6. The Morgan fingerprint density at radius 1 is 1.20 bits per heavy atom. The number of benzene rings is 1. The van der Waals surface area contributed by atoms with Crippen LogP contribution in [0.4, 0.5) is 5.69 Å². The molecule has 0 spiro atoms. The van der Waals surface area contributed by atoms with Gasteiger partial charge in [-0.15, -0.1) is 0 Å². The van der Waals surface area contributed by atoms with Gasteiger partial charge in [0.1, 0.15) is 0 Å². The molecule has 110 valence electrons. The largest absolute Gasteiger partial charge is 0.349 e. The lowest BCUT2D eigenvalue weighted by Crippen LogP contribution is -2.36. The highest BCUT2D eigenvalue weighted by molar-refractivity contribution is 7.92. The Kier molecular flexibility index (Phi) is 4.65. The van der Waals surface area contributed by atoms with Gasteiger partial charge in [-0.3, -0.25) is 9.52 Å². The summed E-state index contributed by atoms with van der Waals surface area (Å²) in [5.74, 6) is -0.144. The number of carbonyl (C=O) groups is 1. The van der Waals surface area contributed by atoms with E-state index in [-0.39, 0.29) is 11.9 Å². The summed E-state index contributed by atoms with van der Waals surface area (Å²) >= 11 is 0. The number of hydrogen-bond acceptors (Lipinski definition) is 3. The molecule has 5 nitrogen and oxygen atoms in total. The summed E-state index contributed by atoms with van der Waals surface area (Å²) in [6.07, 6.45) is 6.67. The van der Waals surface area contributed by atoms with Crippen molar-refractivity contribution in [3.05, 3.63) is 29.8 Å². The topological polar surface area (TPSA) is 75.3 Å². The highest BCUT2D eigenvalue weighted by Gasteiger charge is 2.16. The van der Waals surface area contributed by atoms with E-state index in [1.54, 1.807) is 24.3 Å². The Labute approximate surface area is 119 Å². The van der Waals surface area contributed by atoms with Gasteiger partial charge in [0.05, 0.1) is 6.26 Å². The summed E-state index contributed by atoms with van der Waals surface area (Å²) < 4.78 is 24.7. The van der Waals surface area contributed by atoms with Crippen LogP contribution in [0.5, 0.6) is 0 Å². The standard InChI is InChI=1S/C14H20N2O3S/c1-20(18,19)16-13-9-5-6-11(10-13)14(17)15-12-7-3-2-4-8-12/h5-6,9-10,12,16H,2-4,7-8H2,1H3,(H,15,17). The first-order valence-electron chi connectivity index (χ1n) is 6.83. The van der Waals surface area contributed by atoms with E-state index in [0.29, 0.717) is 11.3 Å². The van der Waals surface area contributed by atoms with Crippen molar-refractivity contribution in [3.63, 3.8) is 0 Å². The summed E-state index contributed by atoms with van der Waals surface area (Å²) in [6.45, 7) is 0. The lowest BCUT2D eigenvalue weighted by atomic mass is 9.95. The second-order valence-electron chi connectivity index (χ2n) is 5.26. The zero-order valence-corrected chi connectivity index (χ0v) is 12.4. The smallest absolute Gasteiger partial charge is 0.251 e.